The number of benzene rings is 1. The van der Waals surface area contributed by atoms with E-state index in [2.05, 4.69) is 35.3 Å². The molecule has 0 aliphatic carbocycles. The molecule has 0 saturated carbocycles. The van der Waals surface area contributed by atoms with Crippen molar-refractivity contribution in [3.05, 3.63) is 35.9 Å². The van der Waals surface area contributed by atoms with Crippen LogP contribution in [-0.4, -0.2) is 19.0 Å². The first-order chi connectivity index (χ1) is 7.40. The van der Waals surface area contributed by atoms with E-state index in [0.717, 1.165) is 31.9 Å². The molecule has 1 aromatic rings. The standard InChI is InChI=1S/C13H17NO/c1-2-15-13-12(8-9-14-13)10-11-6-4-3-5-7-11/h3-7,12H,2,8-10H2,1H3. The van der Waals surface area contributed by atoms with E-state index >= 15 is 0 Å². The number of hydrogen-bond acceptors (Lipinski definition) is 2. The lowest BCUT2D eigenvalue weighted by Gasteiger charge is -2.12. The lowest BCUT2D eigenvalue weighted by atomic mass is 9.98. The lowest BCUT2D eigenvalue weighted by molar-refractivity contribution is 0.304. The second-order valence-corrected chi connectivity index (χ2v) is 3.83. The molecule has 2 heteroatoms. The van der Waals surface area contributed by atoms with Crippen molar-refractivity contribution in [1.29, 1.82) is 0 Å². The van der Waals surface area contributed by atoms with E-state index in [1.54, 1.807) is 0 Å². The normalized spacial score (nSPS) is 20.1. The second kappa shape index (κ2) is 4.96. The van der Waals surface area contributed by atoms with Crippen LogP contribution < -0.4 is 0 Å². The summed E-state index contributed by atoms with van der Waals surface area (Å²) in [4.78, 5) is 4.40. The Labute approximate surface area is 91.0 Å². The summed E-state index contributed by atoms with van der Waals surface area (Å²) in [7, 11) is 0. The van der Waals surface area contributed by atoms with Crippen molar-refractivity contribution in [2.75, 3.05) is 13.2 Å². The quantitative estimate of drug-likeness (QED) is 0.740. The van der Waals surface area contributed by atoms with Crippen LogP contribution in [0.1, 0.15) is 18.9 Å². The van der Waals surface area contributed by atoms with Gasteiger partial charge in [0.15, 0.2) is 5.90 Å². The van der Waals surface area contributed by atoms with Gasteiger partial charge in [-0.15, -0.1) is 0 Å². The summed E-state index contributed by atoms with van der Waals surface area (Å²) in [5.74, 6) is 1.45. The summed E-state index contributed by atoms with van der Waals surface area (Å²) in [6.07, 6.45) is 2.18. The SMILES string of the molecule is CCOC1=NCCC1Cc1ccccc1. The molecule has 0 N–H and O–H groups in total. The molecule has 0 fully saturated rings. The molecule has 2 rings (SSSR count). The molecule has 0 spiro atoms. The third-order valence-corrected chi connectivity index (χ3v) is 2.71. The van der Waals surface area contributed by atoms with Gasteiger partial charge in [-0.1, -0.05) is 30.3 Å². The van der Waals surface area contributed by atoms with Crippen LogP contribution in [0, 0.1) is 5.92 Å². The van der Waals surface area contributed by atoms with Crippen LogP contribution in [0.5, 0.6) is 0 Å². The molecule has 0 aromatic heterocycles. The third-order valence-electron chi connectivity index (χ3n) is 2.71. The molecular formula is C13H17NO. The first kappa shape index (κ1) is 10.2. The molecule has 1 atom stereocenters. The second-order valence-electron chi connectivity index (χ2n) is 3.83. The lowest BCUT2D eigenvalue weighted by Crippen LogP contribution is -2.16. The van der Waals surface area contributed by atoms with Gasteiger partial charge in [0.05, 0.1) is 6.61 Å². The minimum Gasteiger partial charge on any atom is -0.481 e. The summed E-state index contributed by atoms with van der Waals surface area (Å²) < 4.78 is 5.54. The minimum absolute atomic E-state index is 0.493. The van der Waals surface area contributed by atoms with E-state index in [1.165, 1.54) is 5.56 Å². The van der Waals surface area contributed by atoms with Crippen LogP contribution in [0.4, 0.5) is 0 Å². The van der Waals surface area contributed by atoms with Gasteiger partial charge >= 0.3 is 0 Å². The number of aliphatic imine (C=N–C) groups is 1. The predicted molar refractivity (Wildman–Crippen MR) is 62.2 cm³/mol. The summed E-state index contributed by atoms with van der Waals surface area (Å²) in [5, 5.41) is 0. The molecule has 0 bridgehead atoms. The summed E-state index contributed by atoms with van der Waals surface area (Å²) in [6, 6.07) is 10.6. The van der Waals surface area contributed by atoms with Gasteiger partial charge in [-0.2, -0.15) is 0 Å². The zero-order valence-electron chi connectivity index (χ0n) is 9.15. The summed E-state index contributed by atoms with van der Waals surface area (Å²) in [6.45, 7) is 3.66. The summed E-state index contributed by atoms with van der Waals surface area (Å²) in [5.41, 5.74) is 1.37. The van der Waals surface area contributed by atoms with Crippen LogP contribution in [0.2, 0.25) is 0 Å². The monoisotopic (exact) mass is 203 g/mol. The average Bonchev–Trinajstić information content (AvgIpc) is 2.68. The Balaban J connectivity index is 1.98. The van der Waals surface area contributed by atoms with Crippen molar-refractivity contribution in [1.82, 2.24) is 0 Å². The van der Waals surface area contributed by atoms with E-state index in [1.807, 2.05) is 6.92 Å². The number of nitrogens with zero attached hydrogens (tertiary/aromatic N) is 1. The fourth-order valence-corrected chi connectivity index (χ4v) is 1.98. The van der Waals surface area contributed by atoms with Gasteiger partial charge in [-0.05, 0) is 25.3 Å². The van der Waals surface area contributed by atoms with Crippen molar-refractivity contribution in [3.63, 3.8) is 0 Å². The molecule has 0 saturated heterocycles. The molecule has 1 heterocycles. The largest absolute Gasteiger partial charge is 0.481 e. The number of ether oxygens (including phenoxy) is 1. The topological polar surface area (TPSA) is 21.6 Å². The Hall–Kier alpha value is -1.31. The van der Waals surface area contributed by atoms with Gasteiger partial charge in [-0.3, -0.25) is 4.99 Å². The van der Waals surface area contributed by atoms with Gasteiger partial charge in [0, 0.05) is 12.5 Å². The van der Waals surface area contributed by atoms with E-state index < -0.39 is 0 Å². The average molecular weight is 203 g/mol. The molecule has 80 valence electrons. The van der Waals surface area contributed by atoms with Gasteiger partial charge in [0.1, 0.15) is 0 Å². The minimum atomic E-state index is 0.493. The Morgan fingerprint density at radius 1 is 1.33 bits per heavy atom. The first-order valence-corrected chi connectivity index (χ1v) is 5.61. The molecule has 1 aliphatic rings. The number of rotatable bonds is 3. The number of hydrogen-bond donors (Lipinski definition) is 0. The van der Waals surface area contributed by atoms with Crippen molar-refractivity contribution >= 4 is 5.90 Å². The Bertz CT molecular complexity index is 332. The van der Waals surface area contributed by atoms with Gasteiger partial charge < -0.3 is 4.74 Å². The maximum atomic E-state index is 5.54. The van der Waals surface area contributed by atoms with Gasteiger partial charge in [-0.25, -0.2) is 0 Å². The Morgan fingerprint density at radius 3 is 2.87 bits per heavy atom. The van der Waals surface area contributed by atoms with Crippen molar-refractivity contribution in [3.8, 4) is 0 Å². The maximum Gasteiger partial charge on any atom is 0.186 e. The molecule has 1 aliphatic heterocycles. The first-order valence-electron chi connectivity index (χ1n) is 5.61. The highest BCUT2D eigenvalue weighted by molar-refractivity contribution is 5.80. The third kappa shape index (κ3) is 2.58. The highest BCUT2D eigenvalue weighted by Gasteiger charge is 2.22. The molecule has 1 aromatic carbocycles. The van der Waals surface area contributed by atoms with E-state index in [-0.39, 0.29) is 0 Å². The smallest absolute Gasteiger partial charge is 0.186 e. The molecule has 2 nitrogen and oxygen atoms in total. The van der Waals surface area contributed by atoms with Crippen molar-refractivity contribution < 1.29 is 4.74 Å². The van der Waals surface area contributed by atoms with Crippen molar-refractivity contribution in [2.45, 2.75) is 19.8 Å². The predicted octanol–water partition coefficient (Wildman–Crippen LogP) is 2.68. The van der Waals surface area contributed by atoms with Crippen LogP contribution in [-0.2, 0) is 11.2 Å². The molecule has 0 radical (unpaired) electrons. The highest BCUT2D eigenvalue weighted by Crippen LogP contribution is 2.20. The Morgan fingerprint density at radius 2 is 2.13 bits per heavy atom. The van der Waals surface area contributed by atoms with Crippen molar-refractivity contribution in [2.24, 2.45) is 10.9 Å². The van der Waals surface area contributed by atoms with Gasteiger partial charge in [0.25, 0.3) is 0 Å². The molecule has 1 unspecified atom stereocenters. The van der Waals surface area contributed by atoms with E-state index in [0.29, 0.717) is 5.92 Å². The highest BCUT2D eigenvalue weighted by atomic mass is 16.5. The van der Waals surface area contributed by atoms with Crippen LogP contribution in [0.3, 0.4) is 0 Å². The molecule has 15 heavy (non-hydrogen) atoms. The fourth-order valence-electron chi connectivity index (χ4n) is 1.98. The van der Waals surface area contributed by atoms with E-state index in [9.17, 15) is 0 Å². The molecule has 0 amide bonds. The van der Waals surface area contributed by atoms with Crippen LogP contribution >= 0.6 is 0 Å². The fraction of sp³-hybridized carbons (Fsp3) is 0.462. The maximum absolute atomic E-state index is 5.54. The van der Waals surface area contributed by atoms with Crippen LogP contribution in [0.15, 0.2) is 35.3 Å². The summed E-state index contributed by atoms with van der Waals surface area (Å²) >= 11 is 0. The van der Waals surface area contributed by atoms with Gasteiger partial charge in [0.2, 0.25) is 0 Å². The Kier molecular flexibility index (Phi) is 3.38. The van der Waals surface area contributed by atoms with E-state index in [4.69, 9.17) is 4.74 Å². The van der Waals surface area contributed by atoms with Crippen LogP contribution in [0.25, 0.3) is 0 Å². The molecular weight excluding hydrogens is 186 g/mol. The zero-order chi connectivity index (χ0) is 10.5. The zero-order valence-corrected chi connectivity index (χ0v) is 9.15.